The zero-order valence-electron chi connectivity index (χ0n) is 12.1. The van der Waals surface area contributed by atoms with Gasteiger partial charge >= 0.3 is 0 Å². The fourth-order valence-electron chi connectivity index (χ4n) is 2.62. The van der Waals surface area contributed by atoms with Gasteiger partial charge in [-0.15, -0.1) is 0 Å². The molecule has 3 heterocycles. The molecule has 116 valence electrons. The van der Waals surface area contributed by atoms with Gasteiger partial charge in [0.15, 0.2) is 0 Å². The third-order valence-electron chi connectivity index (χ3n) is 3.73. The molecule has 0 amide bonds. The molecule has 1 atom stereocenters. The summed E-state index contributed by atoms with van der Waals surface area (Å²) in [7, 11) is 0. The minimum atomic E-state index is 0.294. The highest BCUT2D eigenvalue weighted by molar-refractivity contribution is 6.35. The van der Waals surface area contributed by atoms with Crippen molar-refractivity contribution >= 4 is 29.2 Å². The molecule has 0 radical (unpaired) electrons. The van der Waals surface area contributed by atoms with E-state index < -0.39 is 0 Å². The zero-order chi connectivity index (χ0) is 15.4. The number of hydrogen-bond acceptors (Lipinski definition) is 7. The Hall–Kier alpha value is -2.15. The van der Waals surface area contributed by atoms with E-state index in [9.17, 15) is 0 Å². The maximum Gasteiger partial charge on any atom is 0.225 e. The van der Waals surface area contributed by atoms with Crippen LogP contribution in [0.3, 0.4) is 0 Å². The number of nitrogens with one attached hydrogen (secondary N) is 1. The molecule has 0 aliphatic carbocycles. The summed E-state index contributed by atoms with van der Waals surface area (Å²) in [6, 6.07) is 1.83. The number of hydrogen-bond donors (Lipinski definition) is 2. The second kappa shape index (κ2) is 6.74. The molecule has 1 fully saturated rings. The molecule has 3 N–H and O–H groups in total. The van der Waals surface area contributed by atoms with Crippen molar-refractivity contribution in [3.05, 3.63) is 29.8 Å². The minimum Gasteiger partial charge on any atom is -0.382 e. The predicted molar refractivity (Wildman–Crippen MR) is 86.9 cm³/mol. The largest absolute Gasteiger partial charge is 0.382 e. The van der Waals surface area contributed by atoms with Crippen LogP contribution in [0, 0.1) is 5.92 Å². The number of nitrogens with zero attached hydrogens (tertiary/aromatic N) is 5. The Morgan fingerprint density at radius 2 is 2.09 bits per heavy atom. The van der Waals surface area contributed by atoms with E-state index in [4.69, 9.17) is 17.3 Å². The fourth-order valence-corrected chi connectivity index (χ4v) is 2.78. The molecule has 22 heavy (non-hydrogen) atoms. The average molecular weight is 320 g/mol. The van der Waals surface area contributed by atoms with Crippen LogP contribution in [-0.4, -0.2) is 39.6 Å². The second-order valence-corrected chi connectivity index (χ2v) is 5.68. The van der Waals surface area contributed by atoms with Crippen LogP contribution in [0.5, 0.6) is 0 Å². The number of rotatable bonds is 4. The van der Waals surface area contributed by atoms with Crippen LogP contribution in [0.2, 0.25) is 5.02 Å². The van der Waals surface area contributed by atoms with Crippen molar-refractivity contribution in [1.82, 2.24) is 19.9 Å². The van der Waals surface area contributed by atoms with E-state index in [1.807, 2.05) is 6.07 Å². The van der Waals surface area contributed by atoms with Crippen LogP contribution in [0.4, 0.5) is 17.6 Å². The molecule has 1 aliphatic rings. The van der Waals surface area contributed by atoms with Gasteiger partial charge in [-0.1, -0.05) is 11.6 Å². The molecule has 1 aliphatic heterocycles. The number of nitrogens with two attached hydrogens (primary N) is 1. The molecule has 0 bridgehead atoms. The minimum absolute atomic E-state index is 0.294. The third-order valence-corrected chi connectivity index (χ3v) is 4.10. The first-order valence-electron chi connectivity index (χ1n) is 7.26. The molecule has 2 aromatic heterocycles. The summed E-state index contributed by atoms with van der Waals surface area (Å²) < 4.78 is 0. The Bertz CT molecular complexity index is 622. The van der Waals surface area contributed by atoms with Gasteiger partial charge in [0.25, 0.3) is 0 Å². The van der Waals surface area contributed by atoms with Crippen LogP contribution in [0.1, 0.15) is 12.8 Å². The van der Waals surface area contributed by atoms with Gasteiger partial charge in [-0.05, 0) is 24.8 Å². The second-order valence-electron chi connectivity index (χ2n) is 5.31. The van der Waals surface area contributed by atoms with Crippen molar-refractivity contribution in [2.24, 2.45) is 5.92 Å². The standard InChI is InChI=1S/C14H18ClN7/c15-11-12(16)20-9-21-13(11)19-7-10-3-1-6-22(8-10)14-17-4-2-5-18-14/h2,4-5,9-10H,1,3,6-8H2,(H3,16,19,20,21). The maximum atomic E-state index is 6.09. The molecule has 3 rings (SSSR count). The quantitative estimate of drug-likeness (QED) is 0.888. The monoisotopic (exact) mass is 319 g/mol. The first kappa shape index (κ1) is 14.8. The maximum absolute atomic E-state index is 6.09. The first-order valence-corrected chi connectivity index (χ1v) is 7.63. The van der Waals surface area contributed by atoms with E-state index in [0.717, 1.165) is 38.4 Å². The van der Waals surface area contributed by atoms with Gasteiger partial charge in [0.05, 0.1) is 0 Å². The van der Waals surface area contributed by atoms with Gasteiger partial charge in [0, 0.05) is 32.0 Å². The number of piperidine rings is 1. The average Bonchev–Trinajstić information content (AvgIpc) is 2.57. The van der Waals surface area contributed by atoms with Crippen LogP contribution in [0.15, 0.2) is 24.8 Å². The Balaban J connectivity index is 1.60. The first-order chi connectivity index (χ1) is 10.7. The van der Waals surface area contributed by atoms with Crippen molar-refractivity contribution in [3.8, 4) is 0 Å². The van der Waals surface area contributed by atoms with Crippen molar-refractivity contribution < 1.29 is 0 Å². The summed E-state index contributed by atoms with van der Waals surface area (Å²) >= 11 is 6.09. The number of halogens is 1. The molecule has 0 saturated carbocycles. The van der Waals surface area contributed by atoms with E-state index in [0.29, 0.717) is 22.6 Å². The van der Waals surface area contributed by atoms with E-state index >= 15 is 0 Å². The van der Waals surface area contributed by atoms with Gasteiger partial charge in [-0.25, -0.2) is 19.9 Å². The number of aromatic nitrogens is 4. The van der Waals surface area contributed by atoms with E-state index in [1.165, 1.54) is 6.33 Å². The zero-order valence-corrected chi connectivity index (χ0v) is 12.9. The van der Waals surface area contributed by atoms with Gasteiger partial charge < -0.3 is 16.0 Å². The molecule has 0 spiro atoms. The lowest BCUT2D eigenvalue weighted by Gasteiger charge is -2.32. The van der Waals surface area contributed by atoms with Crippen molar-refractivity contribution in [2.75, 3.05) is 35.6 Å². The molecule has 0 aromatic carbocycles. The third kappa shape index (κ3) is 3.36. The number of anilines is 3. The van der Waals surface area contributed by atoms with Gasteiger partial charge in [0.2, 0.25) is 5.95 Å². The van der Waals surface area contributed by atoms with Crippen LogP contribution < -0.4 is 16.0 Å². The normalized spacial score (nSPS) is 18.2. The Morgan fingerprint density at radius 1 is 1.27 bits per heavy atom. The summed E-state index contributed by atoms with van der Waals surface area (Å²) in [5.41, 5.74) is 5.68. The van der Waals surface area contributed by atoms with E-state index in [-0.39, 0.29) is 0 Å². The lowest BCUT2D eigenvalue weighted by molar-refractivity contribution is 0.427. The van der Waals surface area contributed by atoms with Crippen LogP contribution in [0.25, 0.3) is 0 Å². The highest BCUT2D eigenvalue weighted by Gasteiger charge is 2.22. The van der Waals surface area contributed by atoms with Crippen molar-refractivity contribution in [2.45, 2.75) is 12.8 Å². The van der Waals surface area contributed by atoms with Gasteiger partial charge in [0.1, 0.15) is 23.0 Å². The molecule has 1 saturated heterocycles. The molecule has 1 unspecified atom stereocenters. The molecular formula is C14H18ClN7. The Labute approximate surface area is 134 Å². The topological polar surface area (TPSA) is 92.8 Å². The molecular weight excluding hydrogens is 302 g/mol. The lowest BCUT2D eigenvalue weighted by atomic mass is 9.98. The van der Waals surface area contributed by atoms with Gasteiger partial charge in [-0.3, -0.25) is 0 Å². The molecule has 7 nitrogen and oxygen atoms in total. The highest BCUT2D eigenvalue weighted by Crippen LogP contribution is 2.25. The smallest absolute Gasteiger partial charge is 0.225 e. The summed E-state index contributed by atoms with van der Waals surface area (Å²) in [4.78, 5) is 18.8. The summed E-state index contributed by atoms with van der Waals surface area (Å²) in [5.74, 6) is 2.14. The van der Waals surface area contributed by atoms with E-state index in [2.05, 4.69) is 30.2 Å². The number of nitrogen functional groups attached to an aromatic ring is 1. The van der Waals surface area contributed by atoms with Crippen molar-refractivity contribution in [3.63, 3.8) is 0 Å². The van der Waals surface area contributed by atoms with Crippen molar-refractivity contribution in [1.29, 1.82) is 0 Å². The summed E-state index contributed by atoms with van der Waals surface area (Å²) in [6.45, 7) is 2.68. The summed E-state index contributed by atoms with van der Waals surface area (Å²) in [5, 5.41) is 3.64. The Kier molecular flexibility index (Phi) is 4.53. The molecule has 2 aromatic rings. The van der Waals surface area contributed by atoms with Gasteiger partial charge in [-0.2, -0.15) is 0 Å². The highest BCUT2D eigenvalue weighted by atomic mass is 35.5. The fraction of sp³-hybridized carbons (Fsp3) is 0.429. The molecule has 8 heteroatoms. The lowest BCUT2D eigenvalue weighted by Crippen LogP contribution is -2.39. The predicted octanol–water partition coefficient (Wildman–Crippen LogP) is 1.83. The SMILES string of the molecule is Nc1ncnc(NCC2CCCN(c3ncccn3)C2)c1Cl. The van der Waals surface area contributed by atoms with Crippen LogP contribution >= 0.6 is 11.6 Å². The Morgan fingerprint density at radius 3 is 2.91 bits per heavy atom. The van der Waals surface area contributed by atoms with E-state index in [1.54, 1.807) is 12.4 Å². The van der Waals surface area contributed by atoms with Crippen LogP contribution in [-0.2, 0) is 0 Å². The summed E-state index contributed by atoms with van der Waals surface area (Å²) in [6.07, 6.45) is 7.22.